The standard InChI is InChI=1S/C33H28N4O4/c1-40-28-17-16-21(18-29(28)41-2)20-37-27-15-9-7-13-24(27)30(22-10-4-3-5-11-22)35-31(33(37)39)36-32(38)26-19-23-12-6-8-14-25(23)34-26/h3-19,31,34H,20H2,1-2H3,(H,36,38). The van der Waals surface area contributed by atoms with Gasteiger partial charge in [0.25, 0.3) is 11.8 Å². The molecule has 1 aliphatic heterocycles. The van der Waals surface area contributed by atoms with Crippen LogP contribution in [0.2, 0.25) is 0 Å². The minimum absolute atomic E-state index is 0.229. The maximum atomic E-state index is 14.2. The molecule has 204 valence electrons. The van der Waals surface area contributed by atoms with Crippen LogP contribution in [0.1, 0.15) is 27.2 Å². The number of carbonyl (C=O) groups excluding carboxylic acids is 2. The quantitative estimate of drug-likeness (QED) is 0.290. The topological polar surface area (TPSA) is 96.0 Å². The summed E-state index contributed by atoms with van der Waals surface area (Å²) in [7, 11) is 3.15. The number of H-pyrrole nitrogens is 1. The molecule has 1 unspecified atom stereocenters. The SMILES string of the molecule is COc1ccc(CN2C(=O)C(NC(=O)c3cc4ccccc4[nH]3)N=C(c3ccccc3)c3ccccc32)cc1OC. The van der Waals surface area contributed by atoms with Crippen LogP contribution in [-0.2, 0) is 11.3 Å². The minimum atomic E-state index is -1.17. The Morgan fingerprint density at radius 1 is 0.878 bits per heavy atom. The van der Waals surface area contributed by atoms with Gasteiger partial charge in [-0.2, -0.15) is 0 Å². The first-order valence-electron chi connectivity index (χ1n) is 13.2. The van der Waals surface area contributed by atoms with Crippen molar-refractivity contribution in [2.75, 3.05) is 19.1 Å². The summed E-state index contributed by atoms with van der Waals surface area (Å²) in [5.74, 6) is 0.373. The number of methoxy groups -OCH3 is 2. The summed E-state index contributed by atoms with van der Waals surface area (Å²) in [5, 5.41) is 3.79. The number of fused-ring (bicyclic) bond motifs is 2. The maximum Gasteiger partial charge on any atom is 0.272 e. The fourth-order valence-corrected chi connectivity index (χ4v) is 5.07. The van der Waals surface area contributed by atoms with Gasteiger partial charge in [-0.3, -0.25) is 9.59 Å². The monoisotopic (exact) mass is 544 g/mol. The molecule has 0 saturated heterocycles. The second kappa shape index (κ2) is 11.0. The van der Waals surface area contributed by atoms with Gasteiger partial charge in [-0.15, -0.1) is 0 Å². The van der Waals surface area contributed by atoms with Crippen LogP contribution in [0.4, 0.5) is 5.69 Å². The van der Waals surface area contributed by atoms with E-state index in [1.54, 1.807) is 25.2 Å². The Hall–Kier alpha value is -5.37. The third kappa shape index (κ3) is 5.03. The zero-order chi connectivity index (χ0) is 28.3. The molecule has 0 aliphatic carbocycles. The van der Waals surface area contributed by atoms with E-state index < -0.39 is 12.1 Å². The Labute approximate surface area is 237 Å². The number of nitrogens with zero attached hydrogens (tertiary/aromatic N) is 2. The van der Waals surface area contributed by atoms with E-state index in [1.807, 2.05) is 97.1 Å². The normalized spacial score (nSPS) is 14.7. The number of rotatable bonds is 7. The van der Waals surface area contributed by atoms with E-state index in [4.69, 9.17) is 14.5 Å². The van der Waals surface area contributed by atoms with Crippen LogP contribution >= 0.6 is 0 Å². The van der Waals surface area contributed by atoms with Crippen molar-refractivity contribution in [1.29, 1.82) is 0 Å². The van der Waals surface area contributed by atoms with E-state index in [0.717, 1.165) is 27.6 Å². The van der Waals surface area contributed by atoms with Gasteiger partial charge in [0, 0.05) is 22.0 Å². The number of para-hydroxylation sites is 2. The van der Waals surface area contributed by atoms with Crippen molar-refractivity contribution >= 4 is 34.1 Å². The van der Waals surface area contributed by atoms with Gasteiger partial charge in [-0.1, -0.05) is 72.8 Å². The molecule has 1 atom stereocenters. The lowest BCUT2D eigenvalue weighted by Crippen LogP contribution is -2.47. The molecule has 2 heterocycles. The number of aromatic nitrogens is 1. The zero-order valence-corrected chi connectivity index (χ0v) is 22.6. The van der Waals surface area contributed by atoms with Gasteiger partial charge in [0.1, 0.15) is 5.69 Å². The summed E-state index contributed by atoms with van der Waals surface area (Å²) in [6.45, 7) is 0.229. The Kier molecular flexibility index (Phi) is 6.95. The number of hydrogen-bond acceptors (Lipinski definition) is 5. The average Bonchev–Trinajstić information content (AvgIpc) is 3.42. The molecule has 4 aromatic carbocycles. The molecule has 0 saturated carbocycles. The third-order valence-electron chi connectivity index (χ3n) is 7.09. The van der Waals surface area contributed by atoms with Crippen LogP contribution in [0, 0.1) is 0 Å². The van der Waals surface area contributed by atoms with Crippen molar-refractivity contribution in [2.24, 2.45) is 4.99 Å². The van der Waals surface area contributed by atoms with Crippen molar-refractivity contribution in [3.8, 4) is 11.5 Å². The molecule has 6 rings (SSSR count). The van der Waals surface area contributed by atoms with Gasteiger partial charge >= 0.3 is 0 Å². The van der Waals surface area contributed by atoms with E-state index in [2.05, 4.69) is 10.3 Å². The molecule has 2 N–H and O–H groups in total. The van der Waals surface area contributed by atoms with E-state index in [1.165, 1.54) is 0 Å². The molecule has 8 nitrogen and oxygen atoms in total. The Morgan fingerprint density at radius 3 is 2.39 bits per heavy atom. The summed E-state index contributed by atoms with van der Waals surface area (Å²) in [6.07, 6.45) is -1.17. The van der Waals surface area contributed by atoms with Crippen molar-refractivity contribution in [1.82, 2.24) is 10.3 Å². The number of carbonyl (C=O) groups is 2. The number of hydrogen-bond donors (Lipinski definition) is 2. The van der Waals surface area contributed by atoms with E-state index in [0.29, 0.717) is 28.6 Å². The number of anilines is 1. The number of benzene rings is 4. The number of nitrogens with one attached hydrogen (secondary N) is 2. The Balaban J connectivity index is 1.43. The molecule has 0 bridgehead atoms. The van der Waals surface area contributed by atoms with Crippen molar-refractivity contribution < 1.29 is 19.1 Å². The van der Waals surface area contributed by atoms with Crippen LogP contribution in [0.5, 0.6) is 11.5 Å². The highest BCUT2D eigenvalue weighted by molar-refractivity contribution is 6.20. The van der Waals surface area contributed by atoms with Crippen molar-refractivity contribution in [3.05, 3.63) is 126 Å². The summed E-state index contributed by atoms with van der Waals surface area (Å²) in [6, 6.07) is 32.2. The molecule has 41 heavy (non-hydrogen) atoms. The van der Waals surface area contributed by atoms with Gasteiger partial charge in [0.2, 0.25) is 6.17 Å². The molecule has 0 spiro atoms. The Morgan fingerprint density at radius 2 is 1.61 bits per heavy atom. The number of amides is 2. The average molecular weight is 545 g/mol. The first kappa shape index (κ1) is 25.9. The summed E-state index contributed by atoms with van der Waals surface area (Å²) < 4.78 is 10.9. The van der Waals surface area contributed by atoms with Crippen LogP contribution in [-0.4, -0.2) is 42.9 Å². The minimum Gasteiger partial charge on any atom is -0.493 e. The van der Waals surface area contributed by atoms with Crippen molar-refractivity contribution in [3.63, 3.8) is 0 Å². The first-order chi connectivity index (χ1) is 20.1. The lowest BCUT2D eigenvalue weighted by Gasteiger charge is -2.26. The maximum absolute atomic E-state index is 14.2. The number of aromatic amines is 1. The largest absolute Gasteiger partial charge is 0.493 e. The van der Waals surface area contributed by atoms with Gasteiger partial charge in [0.15, 0.2) is 11.5 Å². The number of benzodiazepines with no additional fused rings is 1. The molecular formula is C33H28N4O4. The molecule has 1 aromatic heterocycles. The molecule has 8 heteroatoms. The lowest BCUT2D eigenvalue weighted by atomic mass is 10.00. The summed E-state index contributed by atoms with van der Waals surface area (Å²) >= 11 is 0. The Bertz CT molecular complexity index is 1740. The number of ether oxygens (including phenoxy) is 2. The number of aliphatic imine (C=N–C) groups is 1. The predicted molar refractivity (Wildman–Crippen MR) is 159 cm³/mol. The lowest BCUT2D eigenvalue weighted by molar-refractivity contribution is -0.120. The highest BCUT2D eigenvalue weighted by atomic mass is 16.5. The third-order valence-corrected chi connectivity index (χ3v) is 7.09. The molecule has 2 amide bonds. The van der Waals surface area contributed by atoms with Gasteiger partial charge in [0.05, 0.1) is 32.2 Å². The predicted octanol–water partition coefficient (Wildman–Crippen LogP) is 5.33. The van der Waals surface area contributed by atoms with Crippen LogP contribution in [0.3, 0.4) is 0 Å². The van der Waals surface area contributed by atoms with E-state index in [-0.39, 0.29) is 12.5 Å². The summed E-state index contributed by atoms with van der Waals surface area (Å²) in [4.78, 5) is 37.4. The highest BCUT2D eigenvalue weighted by Gasteiger charge is 2.33. The van der Waals surface area contributed by atoms with Crippen molar-refractivity contribution in [2.45, 2.75) is 12.7 Å². The van der Waals surface area contributed by atoms with Crippen LogP contribution < -0.4 is 19.7 Å². The second-order valence-electron chi connectivity index (χ2n) is 9.62. The molecule has 5 aromatic rings. The molecule has 0 radical (unpaired) electrons. The second-order valence-corrected chi connectivity index (χ2v) is 9.62. The van der Waals surface area contributed by atoms with Gasteiger partial charge in [-0.25, -0.2) is 4.99 Å². The smallest absolute Gasteiger partial charge is 0.272 e. The van der Waals surface area contributed by atoms with Crippen LogP contribution in [0.15, 0.2) is 108 Å². The molecule has 1 aliphatic rings. The first-order valence-corrected chi connectivity index (χ1v) is 13.2. The summed E-state index contributed by atoms with van der Waals surface area (Å²) in [5.41, 5.74) is 4.95. The van der Waals surface area contributed by atoms with Crippen LogP contribution in [0.25, 0.3) is 10.9 Å². The molecule has 0 fully saturated rings. The van der Waals surface area contributed by atoms with E-state index >= 15 is 0 Å². The highest BCUT2D eigenvalue weighted by Crippen LogP contribution is 2.32. The fourth-order valence-electron chi connectivity index (χ4n) is 5.07. The zero-order valence-electron chi connectivity index (χ0n) is 22.6. The molecular weight excluding hydrogens is 516 g/mol. The van der Waals surface area contributed by atoms with E-state index in [9.17, 15) is 9.59 Å². The van der Waals surface area contributed by atoms with Gasteiger partial charge < -0.3 is 24.7 Å². The van der Waals surface area contributed by atoms with Gasteiger partial charge in [-0.05, 0) is 35.9 Å². The fraction of sp³-hybridized carbons (Fsp3) is 0.121.